The van der Waals surface area contributed by atoms with Gasteiger partial charge in [-0.2, -0.15) is 0 Å². The minimum absolute atomic E-state index is 0.312. The molecule has 1 aliphatic heterocycles. The van der Waals surface area contributed by atoms with Crippen LogP contribution in [0.3, 0.4) is 0 Å². The zero-order valence-corrected chi connectivity index (χ0v) is 11.7. The molecule has 1 aliphatic rings. The molecule has 0 radical (unpaired) electrons. The van der Waals surface area contributed by atoms with E-state index in [0.717, 1.165) is 51.7 Å². The highest BCUT2D eigenvalue weighted by Crippen LogP contribution is 2.07. The Balaban J connectivity index is 1.94. The molecule has 0 spiro atoms. The van der Waals surface area contributed by atoms with Gasteiger partial charge in [0.25, 0.3) is 0 Å². The molecule has 1 heterocycles. The van der Waals surface area contributed by atoms with Crippen molar-refractivity contribution in [2.24, 2.45) is 4.99 Å². The van der Waals surface area contributed by atoms with Crippen LogP contribution in [-0.4, -0.2) is 52.0 Å². The van der Waals surface area contributed by atoms with Gasteiger partial charge < -0.3 is 20.1 Å². The highest BCUT2D eigenvalue weighted by Gasteiger charge is 2.15. The second kappa shape index (κ2) is 10.1. The lowest BCUT2D eigenvalue weighted by molar-refractivity contribution is 0.0420. The third kappa shape index (κ3) is 6.81. The number of hydrogen-bond acceptors (Lipinski definition) is 3. The molecule has 1 fully saturated rings. The van der Waals surface area contributed by atoms with Crippen molar-refractivity contribution < 1.29 is 9.47 Å². The number of rotatable bonds is 8. The van der Waals surface area contributed by atoms with Crippen LogP contribution in [0.1, 0.15) is 32.6 Å². The van der Waals surface area contributed by atoms with Gasteiger partial charge in [0.2, 0.25) is 0 Å². The molecule has 0 aromatic rings. The molecule has 5 heteroatoms. The molecular formula is C13H27N3O2. The lowest BCUT2D eigenvalue weighted by Crippen LogP contribution is -2.38. The Labute approximate surface area is 110 Å². The van der Waals surface area contributed by atoms with E-state index in [2.05, 4.69) is 22.5 Å². The topological polar surface area (TPSA) is 54.9 Å². The molecule has 1 atom stereocenters. The van der Waals surface area contributed by atoms with Crippen LogP contribution >= 0.6 is 0 Å². The SMILES string of the molecule is CCCCNC(=NC)NCCCOC1CCOC1. The monoisotopic (exact) mass is 257 g/mol. The number of ether oxygens (including phenoxy) is 2. The second-order valence-electron chi connectivity index (χ2n) is 4.49. The van der Waals surface area contributed by atoms with Gasteiger partial charge in [-0.1, -0.05) is 13.3 Å². The van der Waals surface area contributed by atoms with E-state index in [0.29, 0.717) is 6.10 Å². The number of hydrogen-bond donors (Lipinski definition) is 2. The van der Waals surface area contributed by atoms with E-state index in [-0.39, 0.29) is 0 Å². The minimum Gasteiger partial charge on any atom is -0.379 e. The normalized spacial score (nSPS) is 20.1. The molecule has 0 amide bonds. The van der Waals surface area contributed by atoms with E-state index in [1.165, 1.54) is 12.8 Å². The molecular weight excluding hydrogens is 230 g/mol. The summed E-state index contributed by atoms with van der Waals surface area (Å²) in [5.41, 5.74) is 0. The van der Waals surface area contributed by atoms with Gasteiger partial charge in [-0.25, -0.2) is 0 Å². The number of aliphatic imine (C=N–C) groups is 1. The molecule has 2 N–H and O–H groups in total. The summed E-state index contributed by atoms with van der Waals surface area (Å²) in [5.74, 6) is 0.882. The molecule has 106 valence electrons. The fourth-order valence-electron chi connectivity index (χ4n) is 1.78. The molecule has 5 nitrogen and oxygen atoms in total. The Hall–Kier alpha value is -0.810. The molecule has 0 aromatic carbocycles. The van der Waals surface area contributed by atoms with Crippen molar-refractivity contribution in [2.75, 3.05) is 40.0 Å². The van der Waals surface area contributed by atoms with E-state index in [9.17, 15) is 0 Å². The first kappa shape index (κ1) is 15.2. The molecule has 1 saturated heterocycles. The average Bonchev–Trinajstić information content (AvgIpc) is 2.89. The van der Waals surface area contributed by atoms with Gasteiger partial charge in [-0.05, 0) is 19.3 Å². The highest BCUT2D eigenvalue weighted by molar-refractivity contribution is 5.79. The van der Waals surface area contributed by atoms with Crippen LogP contribution in [0.25, 0.3) is 0 Å². The summed E-state index contributed by atoms with van der Waals surface area (Å²) in [7, 11) is 1.80. The maximum Gasteiger partial charge on any atom is 0.190 e. The van der Waals surface area contributed by atoms with Crippen molar-refractivity contribution in [1.82, 2.24) is 10.6 Å². The van der Waals surface area contributed by atoms with E-state index in [4.69, 9.17) is 9.47 Å². The van der Waals surface area contributed by atoms with Crippen molar-refractivity contribution >= 4 is 5.96 Å². The van der Waals surface area contributed by atoms with Gasteiger partial charge in [0.15, 0.2) is 5.96 Å². The van der Waals surface area contributed by atoms with Gasteiger partial charge in [0.1, 0.15) is 0 Å². The molecule has 0 aromatic heterocycles. The molecule has 1 rings (SSSR count). The Morgan fingerprint density at radius 1 is 1.33 bits per heavy atom. The van der Waals surface area contributed by atoms with Crippen LogP contribution in [0.4, 0.5) is 0 Å². The largest absolute Gasteiger partial charge is 0.379 e. The molecule has 0 saturated carbocycles. The maximum absolute atomic E-state index is 5.69. The van der Waals surface area contributed by atoms with Gasteiger partial charge in [0, 0.05) is 33.4 Å². The summed E-state index contributed by atoms with van der Waals surface area (Å²) < 4.78 is 10.9. The minimum atomic E-state index is 0.312. The third-order valence-corrected chi connectivity index (χ3v) is 2.90. The summed E-state index contributed by atoms with van der Waals surface area (Å²) in [6.07, 6.45) is 4.71. The maximum atomic E-state index is 5.69. The number of guanidine groups is 1. The predicted molar refractivity (Wildman–Crippen MR) is 74.1 cm³/mol. The van der Waals surface area contributed by atoms with E-state index < -0.39 is 0 Å². The van der Waals surface area contributed by atoms with Crippen molar-refractivity contribution in [2.45, 2.75) is 38.7 Å². The van der Waals surface area contributed by atoms with Crippen molar-refractivity contribution in [3.8, 4) is 0 Å². The predicted octanol–water partition coefficient (Wildman–Crippen LogP) is 1.15. The van der Waals surface area contributed by atoms with Crippen molar-refractivity contribution in [3.63, 3.8) is 0 Å². The lowest BCUT2D eigenvalue weighted by Gasteiger charge is -2.12. The Bertz CT molecular complexity index is 228. The average molecular weight is 257 g/mol. The quantitative estimate of drug-likeness (QED) is 0.389. The lowest BCUT2D eigenvalue weighted by atomic mass is 10.3. The third-order valence-electron chi connectivity index (χ3n) is 2.90. The smallest absolute Gasteiger partial charge is 0.190 e. The van der Waals surface area contributed by atoms with Crippen molar-refractivity contribution in [3.05, 3.63) is 0 Å². The van der Waals surface area contributed by atoms with Crippen LogP contribution in [0.2, 0.25) is 0 Å². The fourth-order valence-corrected chi connectivity index (χ4v) is 1.78. The molecule has 18 heavy (non-hydrogen) atoms. The van der Waals surface area contributed by atoms with E-state index >= 15 is 0 Å². The standard InChI is InChI=1S/C13H27N3O2/c1-3-4-7-15-13(14-2)16-8-5-9-18-12-6-10-17-11-12/h12H,3-11H2,1-2H3,(H2,14,15,16). The summed E-state index contributed by atoms with van der Waals surface area (Å²) >= 11 is 0. The fraction of sp³-hybridized carbons (Fsp3) is 0.923. The summed E-state index contributed by atoms with van der Waals surface area (Å²) in [6, 6.07) is 0. The Morgan fingerprint density at radius 3 is 2.72 bits per heavy atom. The number of nitrogens with zero attached hydrogens (tertiary/aromatic N) is 1. The van der Waals surface area contributed by atoms with Gasteiger partial charge >= 0.3 is 0 Å². The number of unbranched alkanes of at least 4 members (excludes halogenated alkanes) is 1. The first-order chi connectivity index (χ1) is 8.86. The summed E-state index contributed by atoms with van der Waals surface area (Å²) in [6.45, 7) is 6.44. The first-order valence-electron chi connectivity index (χ1n) is 7.00. The Kier molecular flexibility index (Phi) is 8.59. The summed E-state index contributed by atoms with van der Waals surface area (Å²) in [4.78, 5) is 4.17. The Morgan fingerprint density at radius 2 is 2.11 bits per heavy atom. The molecule has 0 bridgehead atoms. The van der Waals surface area contributed by atoms with E-state index in [1.54, 1.807) is 7.05 Å². The first-order valence-corrected chi connectivity index (χ1v) is 7.00. The van der Waals surface area contributed by atoms with Crippen LogP contribution in [0.5, 0.6) is 0 Å². The zero-order valence-electron chi connectivity index (χ0n) is 11.7. The van der Waals surface area contributed by atoms with Gasteiger partial charge in [-0.15, -0.1) is 0 Å². The molecule has 1 unspecified atom stereocenters. The highest BCUT2D eigenvalue weighted by atomic mass is 16.5. The van der Waals surface area contributed by atoms with Crippen molar-refractivity contribution in [1.29, 1.82) is 0 Å². The number of nitrogens with one attached hydrogen (secondary N) is 2. The van der Waals surface area contributed by atoms with Crippen LogP contribution in [0, 0.1) is 0 Å². The van der Waals surface area contributed by atoms with Crippen LogP contribution in [-0.2, 0) is 9.47 Å². The van der Waals surface area contributed by atoms with Gasteiger partial charge in [-0.3, -0.25) is 4.99 Å². The van der Waals surface area contributed by atoms with Crippen LogP contribution in [0.15, 0.2) is 4.99 Å². The zero-order chi connectivity index (χ0) is 13.1. The summed E-state index contributed by atoms with van der Waals surface area (Å²) in [5, 5.41) is 6.56. The van der Waals surface area contributed by atoms with E-state index in [1.807, 2.05) is 0 Å². The molecule has 0 aliphatic carbocycles. The second-order valence-corrected chi connectivity index (χ2v) is 4.49. The van der Waals surface area contributed by atoms with Crippen LogP contribution < -0.4 is 10.6 Å². The van der Waals surface area contributed by atoms with Gasteiger partial charge in [0.05, 0.1) is 12.7 Å².